The lowest BCUT2D eigenvalue weighted by Crippen LogP contribution is -2.59. The second-order valence-electron chi connectivity index (χ2n) is 5.65. The third-order valence-corrected chi connectivity index (χ3v) is 4.25. The van der Waals surface area contributed by atoms with Crippen LogP contribution in [0.15, 0.2) is 18.2 Å². The average Bonchev–Trinajstić information content (AvgIpc) is 2.38. The molecule has 1 amide bonds. The van der Waals surface area contributed by atoms with Gasteiger partial charge in [-0.2, -0.15) is 0 Å². The zero-order valence-corrected chi connectivity index (χ0v) is 12.0. The Labute approximate surface area is 122 Å². The maximum Gasteiger partial charge on any atom is 0.409 e. The van der Waals surface area contributed by atoms with Gasteiger partial charge in [0.2, 0.25) is 0 Å². The predicted molar refractivity (Wildman–Crippen MR) is 75.0 cm³/mol. The minimum atomic E-state index is -1.23. The SMILES string of the molecule is Cc1cc(F)ccc1[C@@]1(N)C[C@@H](CCF)CCN1C(=O)O. The molecule has 1 aromatic rings. The number of carbonyl (C=O) groups is 1. The summed E-state index contributed by atoms with van der Waals surface area (Å²) in [5.41, 5.74) is 6.34. The van der Waals surface area contributed by atoms with Gasteiger partial charge in [0.15, 0.2) is 0 Å². The molecule has 0 saturated carbocycles. The maximum absolute atomic E-state index is 13.3. The Kier molecular flexibility index (Phi) is 4.46. The van der Waals surface area contributed by atoms with E-state index < -0.39 is 24.2 Å². The van der Waals surface area contributed by atoms with Gasteiger partial charge in [0.25, 0.3) is 0 Å². The van der Waals surface area contributed by atoms with Gasteiger partial charge < -0.3 is 10.8 Å². The van der Waals surface area contributed by atoms with E-state index in [0.717, 1.165) is 0 Å². The van der Waals surface area contributed by atoms with E-state index in [2.05, 4.69) is 0 Å². The van der Waals surface area contributed by atoms with Gasteiger partial charge in [0.05, 0.1) is 6.67 Å². The summed E-state index contributed by atoms with van der Waals surface area (Å²) in [4.78, 5) is 12.7. The molecule has 0 radical (unpaired) electrons. The molecule has 0 spiro atoms. The summed E-state index contributed by atoms with van der Waals surface area (Å²) in [6, 6.07) is 4.14. The van der Waals surface area contributed by atoms with Crippen molar-refractivity contribution in [1.29, 1.82) is 0 Å². The number of nitrogens with two attached hydrogens (primary N) is 1. The predicted octanol–water partition coefficient (Wildman–Crippen LogP) is 3.00. The van der Waals surface area contributed by atoms with Gasteiger partial charge in [-0.15, -0.1) is 0 Å². The highest BCUT2D eigenvalue weighted by atomic mass is 19.1. The lowest BCUT2D eigenvalue weighted by Gasteiger charge is -2.46. The van der Waals surface area contributed by atoms with Gasteiger partial charge in [-0.3, -0.25) is 9.29 Å². The summed E-state index contributed by atoms with van der Waals surface area (Å²) in [5.74, 6) is -0.363. The Morgan fingerprint density at radius 3 is 2.86 bits per heavy atom. The normalized spacial score (nSPS) is 25.9. The minimum Gasteiger partial charge on any atom is -0.465 e. The largest absolute Gasteiger partial charge is 0.465 e. The number of hydrogen-bond acceptors (Lipinski definition) is 2. The van der Waals surface area contributed by atoms with Crippen LogP contribution in [0, 0.1) is 18.7 Å². The molecule has 0 unspecified atom stereocenters. The molecule has 1 heterocycles. The minimum absolute atomic E-state index is 0.0278. The number of benzene rings is 1. The molecule has 6 heteroatoms. The van der Waals surface area contributed by atoms with Crippen LogP contribution >= 0.6 is 0 Å². The third kappa shape index (κ3) is 3.00. The molecule has 1 saturated heterocycles. The fourth-order valence-corrected chi connectivity index (χ4v) is 3.20. The molecule has 21 heavy (non-hydrogen) atoms. The number of nitrogens with zero attached hydrogens (tertiary/aromatic N) is 1. The van der Waals surface area contributed by atoms with Crippen LogP contribution in [0.25, 0.3) is 0 Å². The number of halogens is 2. The van der Waals surface area contributed by atoms with Crippen LogP contribution in [0.5, 0.6) is 0 Å². The first-order valence-electron chi connectivity index (χ1n) is 7.00. The molecule has 2 atom stereocenters. The second-order valence-corrected chi connectivity index (χ2v) is 5.65. The zero-order valence-electron chi connectivity index (χ0n) is 12.0. The lowest BCUT2D eigenvalue weighted by atomic mass is 9.80. The fourth-order valence-electron chi connectivity index (χ4n) is 3.20. The van der Waals surface area contributed by atoms with Crippen LogP contribution in [0.3, 0.4) is 0 Å². The summed E-state index contributed by atoms with van der Waals surface area (Å²) in [5, 5.41) is 9.39. The molecule has 4 nitrogen and oxygen atoms in total. The van der Waals surface area contributed by atoms with Gasteiger partial charge in [0.1, 0.15) is 11.5 Å². The summed E-state index contributed by atoms with van der Waals surface area (Å²) in [6.45, 7) is 1.51. The molecule has 1 aliphatic heterocycles. The molecule has 0 aromatic heterocycles. The lowest BCUT2D eigenvalue weighted by molar-refractivity contribution is 0.0232. The van der Waals surface area contributed by atoms with Gasteiger partial charge in [-0.1, -0.05) is 6.07 Å². The van der Waals surface area contributed by atoms with Crippen LogP contribution in [-0.2, 0) is 5.66 Å². The number of hydrogen-bond donors (Lipinski definition) is 2. The first-order valence-corrected chi connectivity index (χ1v) is 7.00. The number of carboxylic acid groups (broad SMARTS) is 1. The number of piperidine rings is 1. The number of aryl methyl sites for hydroxylation is 1. The van der Waals surface area contributed by atoms with Crippen LogP contribution < -0.4 is 5.73 Å². The van der Waals surface area contributed by atoms with Crippen molar-refractivity contribution in [1.82, 2.24) is 4.90 Å². The summed E-state index contributed by atoms with van der Waals surface area (Å²) in [6.07, 6.45) is 0.192. The second kappa shape index (κ2) is 5.97. The number of likely N-dealkylation sites (tertiary alicyclic amines) is 1. The Morgan fingerprint density at radius 2 is 2.29 bits per heavy atom. The van der Waals surface area contributed by atoms with E-state index in [0.29, 0.717) is 30.4 Å². The number of alkyl halides is 1. The summed E-state index contributed by atoms with van der Waals surface area (Å²) < 4.78 is 25.9. The first-order chi connectivity index (χ1) is 9.88. The van der Waals surface area contributed by atoms with E-state index in [4.69, 9.17) is 5.73 Å². The average molecular weight is 298 g/mol. The molecule has 1 aliphatic rings. The van der Waals surface area contributed by atoms with E-state index >= 15 is 0 Å². The van der Waals surface area contributed by atoms with Gasteiger partial charge in [0, 0.05) is 6.54 Å². The van der Waals surface area contributed by atoms with Crippen molar-refractivity contribution in [2.45, 2.75) is 31.8 Å². The Hall–Kier alpha value is -1.69. The van der Waals surface area contributed by atoms with E-state index in [-0.39, 0.29) is 12.5 Å². The first kappa shape index (κ1) is 15.7. The molecule has 116 valence electrons. The molecule has 1 fully saturated rings. The van der Waals surface area contributed by atoms with Gasteiger partial charge in [-0.25, -0.2) is 9.18 Å². The van der Waals surface area contributed by atoms with Gasteiger partial charge >= 0.3 is 6.09 Å². The van der Waals surface area contributed by atoms with Crippen molar-refractivity contribution in [3.8, 4) is 0 Å². The smallest absolute Gasteiger partial charge is 0.409 e. The van der Waals surface area contributed by atoms with Crippen molar-refractivity contribution < 1.29 is 18.7 Å². The highest BCUT2D eigenvalue weighted by Gasteiger charge is 2.43. The van der Waals surface area contributed by atoms with E-state index in [1.54, 1.807) is 6.92 Å². The zero-order chi connectivity index (χ0) is 15.6. The molecular weight excluding hydrogens is 278 g/mol. The van der Waals surface area contributed by atoms with Crippen LogP contribution in [0.1, 0.15) is 30.4 Å². The van der Waals surface area contributed by atoms with Crippen molar-refractivity contribution in [3.05, 3.63) is 35.1 Å². The van der Waals surface area contributed by atoms with Crippen molar-refractivity contribution in [3.63, 3.8) is 0 Å². The van der Waals surface area contributed by atoms with Crippen molar-refractivity contribution in [2.75, 3.05) is 13.2 Å². The van der Waals surface area contributed by atoms with Crippen LogP contribution in [-0.4, -0.2) is 29.3 Å². The molecule has 0 bridgehead atoms. The maximum atomic E-state index is 13.3. The molecule has 2 rings (SSSR count). The Balaban J connectivity index is 2.42. The standard InChI is InChI=1S/C15H20F2N2O2/c1-10-8-12(17)2-3-13(10)15(18)9-11(4-6-16)5-7-19(15)14(20)21/h2-3,8,11H,4-7,9,18H2,1H3,(H,20,21)/t11-,15+/m0/s1. The van der Waals surface area contributed by atoms with Crippen molar-refractivity contribution >= 4 is 6.09 Å². The highest BCUT2D eigenvalue weighted by molar-refractivity contribution is 5.67. The Morgan fingerprint density at radius 1 is 1.57 bits per heavy atom. The van der Waals surface area contributed by atoms with E-state index in [9.17, 15) is 18.7 Å². The summed E-state index contributed by atoms with van der Waals surface area (Å²) in [7, 11) is 0. The quantitative estimate of drug-likeness (QED) is 0.901. The topological polar surface area (TPSA) is 66.6 Å². The summed E-state index contributed by atoms with van der Waals surface area (Å²) >= 11 is 0. The van der Waals surface area contributed by atoms with Crippen molar-refractivity contribution in [2.24, 2.45) is 11.7 Å². The molecular formula is C15H20F2N2O2. The monoisotopic (exact) mass is 298 g/mol. The fraction of sp³-hybridized carbons (Fsp3) is 0.533. The highest BCUT2D eigenvalue weighted by Crippen LogP contribution is 2.38. The van der Waals surface area contributed by atoms with E-state index in [1.165, 1.54) is 23.1 Å². The van der Waals surface area contributed by atoms with Gasteiger partial charge in [-0.05, 0) is 55.4 Å². The number of amides is 1. The molecule has 0 aliphatic carbocycles. The molecule has 3 N–H and O–H groups in total. The third-order valence-electron chi connectivity index (χ3n) is 4.25. The number of rotatable bonds is 3. The molecule has 1 aromatic carbocycles. The van der Waals surface area contributed by atoms with E-state index in [1.807, 2.05) is 0 Å². The van der Waals surface area contributed by atoms with Crippen LogP contribution in [0.2, 0.25) is 0 Å². The Bertz CT molecular complexity index is 538. The van der Waals surface area contributed by atoms with Crippen LogP contribution in [0.4, 0.5) is 13.6 Å².